The van der Waals surface area contributed by atoms with Crippen LogP contribution in [0.5, 0.6) is 0 Å². The first-order valence-electron chi connectivity index (χ1n) is 10.3. The Kier molecular flexibility index (Phi) is 5.06. The first-order valence-corrected chi connectivity index (χ1v) is 10.3. The van der Waals surface area contributed by atoms with E-state index < -0.39 is 5.60 Å². The van der Waals surface area contributed by atoms with E-state index in [9.17, 15) is 4.79 Å². The van der Waals surface area contributed by atoms with Gasteiger partial charge in [-0.15, -0.1) is 10.2 Å². The third-order valence-electron chi connectivity index (χ3n) is 5.81. The van der Waals surface area contributed by atoms with Gasteiger partial charge in [0.2, 0.25) is 0 Å². The van der Waals surface area contributed by atoms with Crippen LogP contribution in [0.15, 0.2) is 30.3 Å². The maximum atomic E-state index is 12.3. The Morgan fingerprint density at radius 1 is 1.14 bits per heavy atom. The number of hydrogen-bond acceptors (Lipinski definition) is 6. The van der Waals surface area contributed by atoms with Crippen molar-refractivity contribution < 1.29 is 9.53 Å². The number of aryl methyl sites for hydroxylation is 1. The van der Waals surface area contributed by atoms with Crippen LogP contribution in [0.2, 0.25) is 0 Å². The summed E-state index contributed by atoms with van der Waals surface area (Å²) in [6, 6.07) is 10.4. The topological polar surface area (TPSA) is 76.4 Å². The first kappa shape index (κ1) is 19.8. The first-order chi connectivity index (χ1) is 13.7. The molecule has 1 unspecified atom stereocenters. The number of carbonyl (C=O) groups excluding carboxylic acids is 1. The van der Waals surface area contributed by atoms with E-state index in [1.807, 2.05) is 31.7 Å². The van der Waals surface area contributed by atoms with Gasteiger partial charge in [0.15, 0.2) is 5.82 Å². The van der Waals surface area contributed by atoms with E-state index in [4.69, 9.17) is 4.74 Å². The molecule has 0 aliphatic carbocycles. The molecule has 156 valence electrons. The molecule has 0 N–H and O–H groups in total. The molecule has 0 bridgehead atoms. The Morgan fingerprint density at radius 3 is 2.34 bits per heavy atom. The number of benzene rings is 1. The summed E-state index contributed by atoms with van der Waals surface area (Å²) in [4.78, 5) is 18.1. The van der Waals surface area contributed by atoms with Gasteiger partial charge in [-0.1, -0.05) is 30.3 Å². The number of tetrazole rings is 1. The summed E-state index contributed by atoms with van der Waals surface area (Å²) >= 11 is 0. The Morgan fingerprint density at radius 2 is 1.79 bits per heavy atom. The lowest BCUT2D eigenvalue weighted by molar-refractivity contribution is -0.0626. The van der Waals surface area contributed by atoms with Crippen molar-refractivity contribution in [2.24, 2.45) is 12.5 Å². The Hall–Kier alpha value is -2.48. The molecule has 1 atom stereocenters. The van der Waals surface area contributed by atoms with Crippen molar-refractivity contribution in [2.45, 2.75) is 45.3 Å². The molecule has 8 nitrogen and oxygen atoms in total. The minimum absolute atomic E-state index is 0.00397. The van der Waals surface area contributed by atoms with Gasteiger partial charge in [-0.25, -0.2) is 4.79 Å². The second-order valence-electron chi connectivity index (χ2n) is 9.32. The van der Waals surface area contributed by atoms with Crippen LogP contribution >= 0.6 is 0 Å². The van der Waals surface area contributed by atoms with Gasteiger partial charge in [-0.2, -0.15) is 4.80 Å². The van der Waals surface area contributed by atoms with Gasteiger partial charge < -0.3 is 9.64 Å². The number of likely N-dealkylation sites (tertiary alicyclic amines) is 2. The number of carbonyl (C=O) groups is 1. The summed E-state index contributed by atoms with van der Waals surface area (Å²) in [5, 5.41) is 12.8. The lowest BCUT2D eigenvalue weighted by Crippen LogP contribution is -2.62. The van der Waals surface area contributed by atoms with Crippen molar-refractivity contribution in [2.75, 3.05) is 26.2 Å². The molecule has 1 aromatic carbocycles. The van der Waals surface area contributed by atoms with Crippen molar-refractivity contribution in [1.29, 1.82) is 0 Å². The average Bonchev–Trinajstić information content (AvgIpc) is 3.06. The summed E-state index contributed by atoms with van der Waals surface area (Å²) in [5.74, 6) is 0.735. The molecule has 29 heavy (non-hydrogen) atoms. The highest BCUT2D eigenvalue weighted by Crippen LogP contribution is 2.43. The second-order valence-corrected chi connectivity index (χ2v) is 9.32. The number of hydrogen-bond donors (Lipinski definition) is 0. The molecule has 1 amide bonds. The van der Waals surface area contributed by atoms with Crippen molar-refractivity contribution in [1.82, 2.24) is 30.0 Å². The molecule has 2 aliphatic rings. The van der Waals surface area contributed by atoms with Gasteiger partial charge in [-0.3, -0.25) is 4.90 Å². The zero-order valence-electron chi connectivity index (χ0n) is 17.7. The van der Waals surface area contributed by atoms with E-state index >= 15 is 0 Å². The molecule has 3 heterocycles. The quantitative estimate of drug-likeness (QED) is 0.791. The maximum Gasteiger partial charge on any atom is 0.410 e. The van der Waals surface area contributed by atoms with Crippen LogP contribution in [0.3, 0.4) is 0 Å². The molecule has 2 fully saturated rings. The SMILES string of the molecule is Cn1nnc(C(c2ccccc2)N2CCC3(CC2)CN(C(=O)OC(C)(C)C)C3)n1. The largest absolute Gasteiger partial charge is 0.444 e. The van der Waals surface area contributed by atoms with Crippen LogP contribution in [0, 0.1) is 5.41 Å². The van der Waals surface area contributed by atoms with Crippen LogP contribution in [-0.4, -0.2) is 67.9 Å². The molecule has 8 heteroatoms. The van der Waals surface area contributed by atoms with Crippen LogP contribution in [0.4, 0.5) is 4.79 Å². The Balaban J connectivity index is 1.41. The predicted octanol–water partition coefficient (Wildman–Crippen LogP) is 2.63. The fourth-order valence-electron chi connectivity index (χ4n) is 4.36. The van der Waals surface area contributed by atoms with Crippen LogP contribution < -0.4 is 0 Å². The minimum atomic E-state index is -0.449. The summed E-state index contributed by atoms with van der Waals surface area (Å²) in [7, 11) is 1.80. The molecule has 2 aliphatic heterocycles. The van der Waals surface area contributed by atoms with Crippen molar-refractivity contribution in [3.63, 3.8) is 0 Å². The summed E-state index contributed by atoms with van der Waals surface area (Å²) in [5.41, 5.74) is 0.945. The summed E-state index contributed by atoms with van der Waals surface area (Å²) in [6.07, 6.45) is 1.91. The van der Waals surface area contributed by atoms with E-state index in [1.165, 1.54) is 10.4 Å². The lowest BCUT2D eigenvalue weighted by Gasteiger charge is -2.54. The molecule has 1 spiro atoms. The monoisotopic (exact) mass is 398 g/mol. The zero-order valence-corrected chi connectivity index (χ0v) is 17.7. The second kappa shape index (κ2) is 7.40. The number of ether oxygens (including phenoxy) is 1. The summed E-state index contributed by atoms with van der Waals surface area (Å²) < 4.78 is 5.50. The third-order valence-corrected chi connectivity index (χ3v) is 5.81. The number of piperidine rings is 1. The van der Waals surface area contributed by atoms with E-state index in [0.29, 0.717) is 0 Å². The average molecular weight is 399 g/mol. The highest BCUT2D eigenvalue weighted by molar-refractivity contribution is 5.69. The van der Waals surface area contributed by atoms with Gasteiger partial charge in [0.1, 0.15) is 5.60 Å². The standard InChI is InChI=1S/C21H30N6O2/c1-20(2,3)29-19(28)27-14-21(15-27)10-12-26(13-11-21)17(16-8-6-5-7-9-16)18-22-24-25(4)23-18/h5-9,17H,10-15H2,1-4H3. The van der Waals surface area contributed by atoms with Crippen molar-refractivity contribution >= 4 is 6.09 Å². The Labute approximate surface area is 171 Å². The molecule has 2 saturated heterocycles. The van der Waals surface area contributed by atoms with Gasteiger partial charge in [0.05, 0.1) is 13.1 Å². The van der Waals surface area contributed by atoms with Crippen LogP contribution in [0.1, 0.15) is 51.0 Å². The van der Waals surface area contributed by atoms with Crippen molar-refractivity contribution in [3.05, 3.63) is 41.7 Å². The molecule has 0 saturated carbocycles. The maximum absolute atomic E-state index is 12.3. The number of amides is 1. The molecule has 4 rings (SSSR count). The molecular weight excluding hydrogens is 368 g/mol. The normalized spacial score (nSPS) is 20.3. The number of rotatable bonds is 3. The van der Waals surface area contributed by atoms with Gasteiger partial charge >= 0.3 is 6.09 Å². The lowest BCUT2D eigenvalue weighted by atomic mass is 9.72. The van der Waals surface area contributed by atoms with Gasteiger partial charge in [0, 0.05) is 18.5 Å². The predicted molar refractivity (Wildman–Crippen MR) is 108 cm³/mol. The van der Waals surface area contributed by atoms with Crippen LogP contribution in [-0.2, 0) is 11.8 Å². The highest BCUT2D eigenvalue weighted by Gasteiger charge is 2.48. The molecule has 0 radical (unpaired) electrons. The third kappa shape index (κ3) is 4.27. The van der Waals surface area contributed by atoms with Crippen molar-refractivity contribution in [3.8, 4) is 0 Å². The molecule has 2 aromatic rings. The van der Waals surface area contributed by atoms with E-state index in [-0.39, 0.29) is 17.6 Å². The fourth-order valence-corrected chi connectivity index (χ4v) is 4.36. The van der Waals surface area contributed by atoms with Gasteiger partial charge in [-0.05, 0) is 57.5 Å². The fraction of sp³-hybridized carbons (Fsp3) is 0.619. The Bertz CT molecular complexity index is 844. The molecular formula is C21H30N6O2. The highest BCUT2D eigenvalue weighted by atomic mass is 16.6. The van der Waals surface area contributed by atoms with E-state index in [0.717, 1.165) is 44.8 Å². The summed E-state index contributed by atoms with van der Waals surface area (Å²) in [6.45, 7) is 9.18. The van der Waals surface area contributed by atoms with Gasteiger partial charge in [0.25, 0.3) is 0 Å². The zero-order chi connectivity index (χ0) is 20.6. The van der Waals surface area contributed by atoms with E-state index in [1.54, 1.807) is 7.05 Å². The molecule has 1 aromatic heterocycles. The van der Waals surface area contributed by atoms with E-state index in [2.05, 4.69) is 44.6 Å². The number of nitrogens with zero attached hydrogens (tertiary/aromatic N) is 6. The van der Waals surface area contributed by atoms with Crippen LogP contribution in [0.25, 0.3) is 0 Å². The minimum Gasteiger partial charge on any atom is -0.444 e. The number of aromatic nitrogens is 4. The smallest absolute Gasteiger partial charge is 0.410 e.